The summed E-state index contributed by atoms with van der Waals surface area (Å²) in [4.78, 5) is 25.4. The highest BCUT2D eigenvalue weighted by Crippen LogP contribution is 2.17. The quantitative estimate of drug-likeness (QED) is 0.865. The number of amides is 2. The van der Waals surface area contributed by atoms with Crippen LogP contribution in [0.15, 0.2) is 18.2 Å². The summed E-state index contributed by atoms with van der Waals surface area (Å²) in [5.41, 5.74) is 0.260. The number of carbonyl (C=O) groups is 2. The number of carbonyl (C=O) groups excluding carboxylic acids is 2. The van der Waals surface area contributed by atoms with Gasteiger partial charge in [-0.15, -0.1) is 0 Å². The maximum Gasteiger partial charge on any atom is 0.251 e. The van der Waals surface area contributed by atoms with Crippen LogP contribution < -0.4 is 5.32 Å². The van der Waals surface area contributed by atoms with Crippen LogP contribution in [-0.2, 0) is 14.3 Å². The average Bonchev–Trinajstić information content (AvgIpc) is 2.56. The van der Waals surface area contributed by atoms with Crippen LogP contribution in [0.5, 0.6) is 0 Å². The lowest BCUT2D eigenvalue weighted by atomic mass is 10.1. The van der Waals surface area contributed by atoms with Crippen molar-refractivity contribution in [3.05, 3.63) is 34.6 Å². The Morgan fingerprint density at radius 3 is 2.88 bits per heavy atom. The van der Waals surface area contributed by atoms with E-state index in [9.17, 15) is 14.0 Å². The molecular weight excluding hydrogens is 339 g/mol. The summed E-state index contributed by atoms with van der Waals surface area (Å²) >= 11 is 5.70. The van der Waals surface area contributed by atoms with E-state index in [1.807, 2.05) is 0 Å². The third-order valence-electron chi connectivity index (χ3n) is 3.72. The number of nitrogens with one attached hydrogen (secondary N) is 1. The van der Waals surface area contributed by atoms with Gasteiger partial charge in [0.05, 0.1) is 17.7 Å². The summed E-state index contributed by atoms with van der Waals surface area (Å²) < 4.78 is 24.1. The predicted octanol–water partition coefficient (Wildman–Crippen LogP) is 1.47. The van der Waals surface area contributed by atoms with Crippen molar-refractivity contribution in [3.8, 4) is 0 Å². The Bertz CT molecular complexity index is 612. The van der Waals surface area contributed by atoms with E-state index < -0.39 is 11.9 Å². The fourth-order valence-corrected chi connectivity index (χ4v) is 2.42. The molecule has 0 unspecified atom stereocenters. The summed E-state index contributed by atoms with van der Waals surface area (Å²) in [5.74, 6) is -1.13. The minimum atomic E-state index is -0.581. The molecule has 1 heterocycles. The van der Waals surface area contributed by atoms with Gasteiger partial charge in [0, 0.05) is 26.3 Å². The molecule has 0 spiro atoms. The summed E-state index contributed by atoms with van der Waals surface area (Å²) in [7, 11) is 3.28. The van der Waals surface area contributed by atoms with Gasteiger partial charge in [-0.2, -0.15) is 0 Å². The molecule has 2 amide bonds. The molecule has 1 fully saturated rings. The van der Waals surface area contributed by atoms with Crippen LogP contribution >= 0.6 is 11.6 Å². The van der Waals surface area contributed by atoms with Crippen LogP contribution in [0.3, 0.4) is 0 Å². The first kappa shape index (κ1) is 18.6. The molecule has 0 radical (unpaired) electrons. The third kappa shape index (κ3) is 4.90. The molecule has 1 aromatic carbocycles. The minimum Gasteiger partial charge on any atom is -0.379 e. The van der Waals surface area contributed by atoms with Crippen LogP contribution in [0.25, 0.3) is 0 Å². The minimum absolute atomic E-state index is 0.0875. The molecule has 1 saturated heterocycles. The largest absolute Gasteiger partial charge is 0.379 e. The van der Waals surface area contributed by atoms with Crippen LogP contribution in [0.2, 0.25) is 5.02 Å². The van der Waals surface area contributed by atoms with E-state index in [0.29, 0.717) is 13.0 Å². The third-order valence-corrected chi connectivity index (χ3v) is 4.01. The summed E-state index contributed by atoms with van der Waals surface area (Å²) in [6.45, 7) is 0.683. The summed E-state index contributed by atoms with van der Waals surface area (Å²) in [6, 6.07) is 3.48. The Morgan fingerprint density at radius 1 is 1.46 bits per heavy atom. The van der Waals surface area contributed by atoms with Gasteiger partial charge in [0.15, 0.2) is 0 Å². The molecule has 6 nitrogen and oxygen atoms in total. The van der Waals surface area contributed by atoms with Gasteiger partial charge in [-0.1, -0.05) is 11.6 Å². The first-order valence-electron chi connectivity index (χ1n) is 7.54. The number of halogens is 2. The normalized spacial score (nSPS) is 20.5. The van der Waals surface area contributed by atoms with Crippen molar-refractivity contribution >= 4 is 23.4 Å². The Kier molecular flexibility index (Phi) is 6.53. The maximum absolute atomic E-state index is 13.2. The van der Waals surface area contributed by atoms with Gasteiger partial charge in [-0.05, 0) is 24.6 Å². The molecule has 1 N–H and O–H groups in total. The zero-order chi connectivity index (χ0) is 17.7. The first-order chi connectivity index (χ1) is 11.4. The summed E-state index contributed by atoms with van der Waals surface area (Å²) in [5, 5.41) is 2.72. The van der Waals surface area contributed by atoms with Crippen LogP contribution in [0, 0.1) is 5.82 Å². The molecule has 1 aliphatic rings. The summed E-state index contributed by atoms with van der Waals surface area (Å²) in [6.07, 6.45) is 0.129. The van der Waals surface area contributed by atoms with E-state index in [-0.39, 0.29) is 41.7 Å². The van der Waals surface area contributed by atoms with Gasteiger partial charge in [-0.25, -0.2) is 4.39 Å². The highest BCUT2D eigenvalue weighted by molar-refractivity contribution is 6.31. The second kappa shape index (κ2) is 8.41. The lowest BCUT2D eigenvalue weighted by Gasteiger charge is -2.32. The van der Waals surface area contributed by atoms with Crippen LogP contribution in [0.1, 0.15) is 16.8 Å². The fourth-order valence-electron chi connectivity index (χ4n) is 2.24. The van der Waals surface area contributed by atoms with Crippen molar-refractivity contribution in [3.63, 3.8) is 0 Å². The van der Waals surface area contributed by atoms with Crippen molar-refractivity contribution in [2.45, 2.75) is 18.6 Å². The van der Waals surface area contributed by atoms with Crippen LogP contribution in [0.4, 0.5) is 4.39 Å². The average molecular weight is 359 g/mol. The Labute approximate surface area is 144 Å². The molecule has 1 aromatic rings. The first-order valence-corrected chi connectivity index (χ1v) is 7.91. The second-order valence-electron chi connectivity index (χ2n) is 5.71. The SMILES string of the molecule is CN(C)C(=O)CO[C@H]1COCC[C@@H]1NC(=O)c1ccc(F)c(Cl)c1. The smallest absolute Gasteiger partial charge is 0.251 e. The molecule has 0 bridgehead atoms. The molecular formula is C16H20ClFN2O4. The van der Waals surface area contributed by atoms with Crippen molar-refractivity contribution in [1.82, 2.24) is 10.2 Å². The lowest BCUT2D eigenvalue weighted by Crippen LogP contribution is -2.50. The maximum atomic E-state index is 13.2. The van der Waals surface area contributed by atoms with Gasteiger partial charge < -0.3 is 19.7 Å². The number of nitrogens with zero attached hydrogens (tertiary/aromatic N) is 1. The van der Waals surface area contributed by atoms with E-state index >= 15 is 0 Å². The van der Waals surface area contributed by atoms with Gasteiger partial charge >= 0.3 is 0 Å². The highest BCUT2D eigenvalue weighted by atomic mass is 35.5. The number of hydrogen-bond acceptors (Lipinski definition) is 4. The molecule has 8 heteroatoms. The molecule has 24 heavy (non-hydrogen) atoms. The number of hydrogen-bond donors (Lipinski definition) is 1. The van der Waals surface area contributed by atoms with Crippen molar-refractivity contribution in [2.24, 2.45) is 0 Å². The van der Waals surface area contributed by atoms with Crippen molar-refractivity contribution in [1.29, 1.82) is 0 Å². The Morgan fingerprint density at radius 2 is 2.21 bits per heavy atom. The zero-order valence-electron chi connectivity index (χ0n) is 13.6. The number of benzene rings is 1. The zero-order valence-corrected chi connectivity index (χ0v) is 14.3. The van der Waals surface area contributed by atoms with Crippen molar-refractivity contribution in [2.75, 3.05) is 33.9 Å². The number of likely N-dealkylation sites (N-methyl/N-ethyl adjacent to an activating group) is 1. The van der Waals surface area contributed by atoms with Crippen molar-refractivity contribution < 1.29 is 23.5 Å². The van der Waals surface area contributed by atoms with Crippen LogP contribution in [-0.4, -0.2) is 62.8 Å². The molecule has 132 valence electrons. The van der Waals surface area contributed by atoms with E-state index in [2.05, 4.69) is 5.32 Å². The number of ether oxygens (including phenoxy) is 2. The molecule has 0 aliphatic carbocycles. The van der Waals surface area contributed by atoms with Gasteiger partial charge in [0.2, 0.25) is 5.91 Å². The van der Waals surface area contributed by atoms with Gasteiger partial charge in [0.25, 0.3) is 5.91 Å². The molecule has 0 aromatic heterocycles. The molecule has 2 atom stereocenters. The monoisotopic (exact) mass is 358 g/mol. The van der Waals surface area contributed by atoms with Gasteiger partial charge in [0.1, 0.15) is 18.5 Å². The van der Waals surface area contributed by atoms with E-state index in [0.717, 1.165) is 6.07 Å². The number of rotatable bonds is 5. The molecule has 2 rings (SSSR count). The highest BCUT2D eigenvalue weighted by Gasteiger charge is 2.29. The lowest BCUT2D eigenvalue weighted by molar-refractivity contribution is -0.140. The Hall–Kier alpha value is -1.70. The molecule has 1 aliphatic heterocycles. The predicted molar refractivity (Wildman–Crippen MR) is 86.5 cm³/mol. The standard InChI is InChI=1S/C16H20ClFN2O4/c1-20(2)15(21)9-24-14-8-23-6-5-13(14)19-16(22)10-3-4-12(18)11(17)7-10/h3-4,7,13-14H,5-6,8-9H2,1-2H3,(H,19,22)/t13-,14-/m0/s1. The topological polar surface area (TPSA) is 67.9 Å². The van der Waals surface area contributed by atoms with Gasteiger partial charge in [-0.3, -0.25) is 9.59 Å². The second-order valence-corrected chi connectivity index (χ2v) is 6.12. The molecule has 0 saturated carbocycles. The Balaban J connectivity index is 1.98. The van der Waals surface area contributed by atoms with E-state index in [4.69, 9.17) is 21.1 Å². The van der Waals surface area contributed by atoms with E-state index in [1.165, 1.54) is 17.0 Å². The fraction of sp³-hybridized carbons (Fsp3) is 0.500. The van der Waals surface area contributed by atoms with E-state index in [1.54, 1.807) is 14.1 Å².